The third-order valence-corrected chi connectivity index (χ3v) is 4.23. The Balaban J connectivity index is 2.02. The van der Waals surface area contributed by atoms with E-state index in [0.717, 1.165) is 18.6 Å². The number of nitrogens with zero attached hydrogens (tertiary/aromatic N) is 1. The van der Waals surface area contributed by atoms with Crippen LogP contribution in [0.2, 0.25) is 0 Å². The van der Waals surface area contributed by atoms with Crippen molar-refractivity contribution in [2.75, 3.05) is 31.3 Å². The van der Waals surface area contributed by atoms with Crippen LogP contribution in [0.4, 0.5) is 0 Å². The fourth-order valence-corrected chi connectivity index (χ4v) is 3.28. The van der Waals surface area contributed by atoms with Crippen LogP contribution in [-0.2, 0) is 14.3 Å². The first-order valence-corrected chi connectivity index (χ1v) is 7.04. The standard InChI is InChI=1S/C11H17NO4S/c13-10(8-2-1-4-16-6-8)12-3-5-17-7-9(12)11(14)15/h8-9H,1-7H2,(H,14,15). The van der Waals surface area contributed by atoms with Gasteiger partial charge >= 0.3 is 5.97 Å². The van der Waals surface area contributed by atoms with E-state index in [1.165, 1.54) is 4.90 Å². The number of ether oxygens (including phenoxy) is 1. The molecule has 96 valence electrons. The van der Waals surface area contributed by atoms with Gasteiger partial charge in [0.25, 0.3) is 0 Å². The Morgan fingerprint density at radius 1 is 1.41 bits per heavy atom. The molecule has 2 aliphatic rings. The number of aliphatic carboxylic acids is 1. The van der Waals surface area contributed by atoms with Crippen molar-refractivity contribution in [2.24, 2.45) is 5.92 Å². The molecule has 0 bridgehead atoms. The minimum atomic E-state index is -0.901. The summed E-state index contributed by atoms with van der Waals surface area (Å²) in [6.07, 6.45) is 1.70. The van der Waals surface area contributed by atoms with Crippen LogP contribution in [0.25, 0.3) is 0 Å². The molecule has 2 unspecified atom stereocenters. The normalized spacial score (nSPS) is 30.0. The van der Waals surface area contributed by atoms with Gasteiger partial charge in [-0.3, -0.25) is 4.79 Å². The lowest BCUT2D eigenvalue weighted by atomic mass is 10.00. The predicted octanol–water partition coefficient (Wildman–Crippen LogP) is 0.442. The topological polar surface area (TPSA) is 66.8 Å². The Morgan fingerprint density at radius 2 is 2.24 bits per heavy atom. The second-order valence-electron chi connectivity index (χ2n) is 4.37. The molecular formula is C11H17NO4S. The maximum atomic E-state index is 12.2. The number of carbonyl (C=O) groups excluding carboxylic acids is 1. The number of carboxylic acids is 1. The van der Waals surface area contributed by atoms with Crippen molar-refractivity contribution in [1.29, 1.82) is 0 Å². The molecule has 0 saturated carbocycles. The lowest BCUT2D eigenvalue weighted by Crippen LogP contribution is -2.53. The Kier molecular flexibility index (Phi) is 4.28. The van der Waals surface area contributed by atoms with Gasteiger partial charge in [0, 0.05) is 24.7 Å². The number of hydrogen-bond acceptors (Lipinski definition) is 4. The first kappa shape index (κ1) is 12.7. The van der Waals surface area contributed by atoms with Crippen LogP contribution in [0.5, 0.6) is 0 Å². The summed E-state index contributed by atoms with van der Waals surface area (Å²) in [5.74, 6) is 0.228. The zero-order valence-electron chi connectivity index (χ0n) is 9.63. The van der Waals surface area contributed by atoms with Crippen LogP contribution in [0, 0.1) is 5.92 Å². The second-order valence-corrected chi connectivity index (χ2v) is 5.52. The Morgan fingerprint density at radius 3 is 2.88 bits per heavy atom. The van der Waals surface area contributed by atoms with Crippen molar-refractivity contribution in [1.82, 2.24) is 4.90 Å². The molecule has 0 spiro atoms. The molecule has 6 heteroatoms. The molecule has 0 aliphatic carbocycles. The van der Waals surface area contributed by atoms with Crippen LogP contribution >= 0.6 is 11.8 Å². The third-order valence-electron chi connectivity index (χ3n) is 3.21. The summed E-state index contributed by atoms with van der Waals surface area (Å²) in [6.45, 7) is 1.69. The lowest BCUT2D eigenvalue weighted by molar-refractivity contribution is -0.153. The highest BCUT2D eigenvalue weighted by atomic mass is 32.2. The second kappa shape index (κ2) is 5.73. The number of thioether (sulfide) groups is 1. The van der Waals surface area contributed by atoms with Gasteiger partial charge in [-0.25, -0.2) is 4.79 Å². The maximum Gasteiger partial charge on any atom is 0.327 e. The molecule has 0 aromatic heterocycles. The van der Waals surface area contributed by atoms with Crippen LogP contribution in [-0.4, -0.2) is 59.2 Å². The van der Waals surface area contributed by atoms with E-state index in [1.54, 1.807) is 11.8 Å². The maximum absolute atomic E-state index is 12.2. The number of carboxylic acid groups (broad SMARTS) is 1. The molecule has 1 N–H and O–H groups in total. The van der Waals surface area contributed by atoms with E-state index in [4.69, 9.17) is 9.84 Å². The smallest absolute Gasteiger partial charge is 0.327 e. The number of carbonyl (C=O) groups is 2. The average Bonchev–Trinajstić information content (AvgIpc) is 2.39. The minimum Gasteiger partial charge on any atom is -0.480 e. The van der Waals surface area contributed by atoms with Crippen LogP contribution < -0.4 is 0 Å². The van der Waals surface area contributed by atoms with Gasteiger partial charge < -0.3 is 14.7 Å². The monoisotopic (exact) mass is 259 g/mol. The van der Waals surface area contributed by atoms with Gasteiger partial charge in [-0.1, -0.05) is 0 Å². The van der Waals surface area contributed by atoms with E-state index in [2.05, 4.69) is 0 Å². The summed E-state index contributed by atoms with van der Waals surface area (Å²) < 4.78 is 5.29. The summed E-state index contributed by atoms with van der Waals surface area (Å²) in [6, 6.07) is -0.664. The van der Waals surface area contributed by atoms with Gasteiger partial charge in [-0.2, -0.15) is 11.8 Å². The van der Waals surface area contributed by atoms with Gasteiger partial charge in [0.15, 0.2) is 0 Å². The molecule has 2 heterocycles. The molecule has 0 radical (unpaired) electrons. The highest BCUT2D eigenvalue weighted by Crippen LogP contribution is 2.22. The van der Waals surface area contributed by atoms with E-state index < -0.39 is 12.0 Å². The summed E-state index contributed by atoms with van der Waals surface area (Å²) in [5.41, 5.74) is 0. The first-order valence-electron chi connectivity index (χ1n) is 5.89. The highest BCUT2D eigenvalue weighted by Gasteiger charge is 2.36. The van der Waals surface area contributed by atoms with Gasteiger partial charge in [0.05, 0.1) is 12.5 Å². The van der Waals surface area contributed by atoms with E-state index in [9.17, 15) is 9.59 Å². The minimum absolute atomic E-state index is 0.0441. The van der Waals surface area contributed by atoms with Gasteiger partial charge in [0.2, 0.25) is 5.91 Å². The van der Waals surface area contributed by atoms with Crippen molar-refractivity contribution >= 4 is 23.6 Å². The molecule has 2 fully saturated rings. The van der Waals surface area contributed by atoms with Crippen molar-refractivity contribution in [3.8, 4) is 0 Å². The first-order chi connectivity index (χ1) is 8.20. The average molecular weight is 259 g/mol. The lowest BCUT2D eigenvalue weighted by Gasteiger charge is -2.36. The zero-order chi connectivity index (χ0) is 12.3. The molecule has 2 aliphatic heterocycles. The number of amides is 1. The molecule has 0 aromatic rings. The summed E-state index contributed by atoms with van der Waals surface area (Å²) in [5, 5.41) is 9.12. The molecular weight excluding hydrogens is 242 g/mol. The van der Waals surface area contributed by atoms with Gasteiger partial charge in [-0.05, 0) is 12.8 Å². The van der Waals surface area contributed by atoms with Crippen LogP contribution in [0.15, 0.2) is 0 Å². The molecule has 0 aromatic carbocycles. The Bertz CT molecular complexity index is 304. The quantitative estimate of drug-likeness (QED) is 0.779. The fraction of sp³-hybridized carbons (Fsp3) is 0.818. The molecule has 5 nitrogen and oxygen atoms in total. The van der Waals surface area contributed by atoms with Crippen molar-refractivity contribution in [3.63, 3.8) is 0 Å². The Hall–Kier alpha value is -0.750. The van der Waals surface area contributed by atoms with E-state index in [1.807, 2.05) is 0 Å². The predicted molar refractivity (Wildman–Crippen MR) is 64.0 cm³/mol. The third kappa shape index (κ3) is 2.93. The molecule has 2 saturated heterocycles. The van der Waals surface area contributed by atoms with E-state index in [0.29, 0.717) is 25.5 Å². The zero-order valence-corrected chi connectivity index (χ0v) is 10.4. The molecule has 2 atom stereocenters. The van der Waals surface area contributed by atoms with E-state index in [-0.39, 0.29) is 11.8 Å². The molecule has 1 amide bonds. The summed E-state index contributed by atoms with van der Waals surface area (Å²) >= 11 is 1.59. The number of hydrogen-bond donors (Lipinski definition) is 1. The SMILES string of the molecule is O=C(O)C1CSCCN1C(=O)C1CCCOC1. The highest BCUT2D eigenvalue weighted by molar-refractivity contribution is 7.99. The van der Waals surface area contributed by atoms with Crippen molar-refractivity contribution in [3.05, 3.63) is 0 Å². The summed E-state index contributed by atoms with van der Waals surface area (Å²) in [4.78, 5) is 24.9. The van der Waals surface area contributed by atoms with E-state index >= 15 is 0 Å². The van der Waals surface area contributed by atoms with Crippen molar-refractivity contribution < 1.29 is 19.4 Å². The van der Waals surface area contributed by atoms with Gasteiger partial charge in [0.1, 0.15) is 6.04 Å². The van der Waals surface area contributed by atoms with Crippen LogP contribution in [0.3, 0.4) is 0 Å². The number of rotatable bonds is 2. The fourth-order valence-electron chi connectivity index (χ4n) is 2.24. The molecule has 2 rings (SSSR count). The van der Waals surface area contributed by atoms with Crippen LogP contribution in [0.1, 0.15) is 12.8 Å². The largest absolute Gasteiger partial charge is 0.480 e. The van der Waals surface area contributed by atoms with Gasteiger partial charge in [-0.15, -0.1) is 0 Å². The Labute approximate surface area is 104 Å². The summed E-state index contributed by atoms with van der Waals surface area (Å²) in [7, 11) is 0. The molecule has 17 heavy (non-hydrogen) atoms. The van der Waals surface area contributed by atoms with Crippen molar-refractivity contribution in [2.45, 2.75) is 18.9 Å².